The molecule has 1 amide bonds. The fraction of sp³-hybridized carbons (Fsp3) is 0.875. The van der Waals surface area contributed by atoms with Crippen LogP contribution >= 0.6 is 0 Å². The van der Waals surface area contributed by atoms with E-state index in [2.05, 4.69) is 5.32 Å². The Hall–Kier alpha value is -0.770. The van der Waals surface area contributed by atoms with Gasteiger partial charge in [-0.15, -0.1) is 0 Å². The topological polar surface area (TPSA) is 41.6 Å². The first-order valence-corrected chi connectivity index (χ1v) is 4.31. The van der Waals surface area contributed by atoms with Crippen LogP contribution in [-0.4, -0.2) is 44.3 Å². The highest BCUT2D eigenvalue weighted by atomic mass is 16.6. The molecule has 0 aliphatic heterocycles. The normalized spacial score (nSPS) is 9.58. The molecule has 4 nitrogen and oxygen atoms in total. The van der Waals surface area contributed by atoms with Gasteiger partial charge in [-0.2, -0.15) is 0 Å². The van der Waals surface area contributed by atoms with Crippen LogP contribution in [0.5, 0.6) is 0 Å². The summed E-state index contributed by atoms with van der Waals surface area (Å²) in [5.74, 6) is 0. The molecule has 12 heavy (non-hydrogen) atoms. The van der Waals surface area contributed by atoms with Crippen molar-refractivity contribution >= 4 is 6.09 Å². The molecule has 4 heteroatoms. The third kappa shape index (κ3) is 4.96. The maximum absolute atomic E-state index is 11.0. The Bertz CT molecular complexity index is 128. The van der Waals surface area contributed by atoms with Gasteiger partial charge in [-0.05, 0) is 13.5 Å². The lowest BCUT2D eigenvalue weighted by molar-refractivity contribution is 0.113. The maximum atomic E-state index is 11.0. The molecule has 0 rings (SSSR count). The predicted molar refractivity (Wildman–Crippen MR) is 48.2 cm³/mol. The number of hydrogen-bond acceptors (Lipinski definition) is 3. The SMILES string of the molecule is CCNCCOC(=O)N(C)CC. The molecule has 1 N–H and O–H groups in total. The van der Waals surface area contributed by atoms with Gasteiger partial charge >= 0.3 is 6.09 Å². The molecule has 0 heterocycles. The zero-order chi connectivity index (χ0) is 9.40. The lowest BCUT2D eigenvalue weighted by Gasteiger charge is -2.14. The Morgan fingerprint density at radius 2 is 2.17 bits per heavy atom. The standard InChI is InChI=1S/C8H18N2O2/c1-4-9-6-7-12-8(11)10(3)5-2/h9H,4-7H2,1-3H3. The summed E-state index contributed by atoms with van der Waals surface area (Å²) in [5.41, 5.74) is 0. The van der Waals surface area contributed by atoms with Crippen molar-refractivity contribution in [2.24, 2.45) is 0 Å². The Labute approximate surface area is 73.9 Å². The van der Waals surface area contributed by atoms with E-state index in [0.717, 1.165) is 13.1 Å². The van der Waals surface area contributed by atoms with E-state index in [4.69, 9.17) is 4.74 Å². The zero-order valence-electron chi connectivity index (χ0n) is 8.09. The minimum Gasteiger partial charge on any atom is -0.448 e. The van der Waals surface area contributed by atoms with Crippen LogP contribution in [0.1, 0.15) is 13.8 Å². The second-order valence-corrected chi connectivity index (χ2v) is 2.48. The molecule has 0 aliphatic rings. The van der Waals surface area contributed by atoms with E-state index >= 15 is 0 Å². The fourth-order valence-electron chi connectivity index (χ4n) is 0.627. The van der Waals surface area contributed by atoms with Gasteiger partial charge in [-0.3, -0.25) is 0 Å². The number of likely N-dealkylation sites (N-methyl/N-ethyl adjacent to an activating group) is 1. The van der Waals surface area contributed by atoms with Gasteiger partial charge in [0.25, 0.3) is 0 Å². The molecule has 72 valence electrons. The van der Waals surface area contributed by atoms with E-state index < -0.39 is 0 Å². The Balaban J connectivity index is 3.31. The Morgan fingerprint density at radius 3 is 2.67 bits per heavy atom. The number of carbonyl (C=O) groups is 1. The van der Waals surface area contributed by atoms with Crippen LogP contribution in [0, 0.1) is 0 Å². The van der Waals surface area contributed by atoms with Crippen molar-refractivity contribution in [1.82, 2.24) is 10.2 Å². The van der Waals surface area contributed by atoms with Crippen molar-refractivity contribution in [1.29, 1.82) is 0 Å². The number of nitrogens with zero attached hydrogens (tertiary/aromatic N) is 1. The molecule has 0 saturated carbocycles. The highest BCUT2D eigenvalue weighted by Gasteiger charge is 2.05. The van der Waals surface area contributed by atoms with Gasteiger partial charge in [-0.25, -0.2) is 4.79 Å². The van der Waals surface area contributed by atoms with Gasteiger partial charge in [0.15, 0.2) is 0 Å². The quantitative estimate of drug-likeness (QED) is 0.623. The van der Waals surface area contributed by atoms with Gasteiger partial charge in [0.1, 0.15) is 6.61 Å². The number of ether oxygens (including phenoxy) is 1. The molecule has 0 fully saturated rings. The molecular weight excluding hydrogens is 156 g/mol. The third-order valence-electron chi connectivity index (χ3n) is 1.54. The van der Waals surface area contributed by atoms with Crippen molar-refractivity contribution in [2.45, 2.75) is 13.8 Å². The van der Waals surface area contributed by atoms with Gasteiger partial charge < -0.3 is 15.0 Å². The van der Waals surface area contributed by atoms with Crippen LogP contribution < -0.4 is 5.32 Å². The lowest BCUT2D eigenvalue weighted by Crippen LogP contribution is -2.29. The molecule has 0 unspecified atom stereocenters. The van der Waals surface area contributed by atoms with Gasteiger partial charge in [0.05, 0.1) is 0 Å². The first-order chi connectivity index (χ1) is 5.72. The average Bonchev–Trinajstić information content (AvgIpc) is 2.10. The largest absolute Gasteiger partial charge is 0.448 e. The molecule has 0 aromatic carbocycles. The third-order valence-corrected chi connectivity index (χ3v) is 1.54. The summed E-state index contributed by atoms with van der Waals surface area (Å²) in [5, 5.41) is 3.06. The molecule has 0 aromatic heterocycles. The van der Waals surface area contributed by atoms with Crippen molar-refractivity contribution in [3.63, 3.8) is 0 Å². The van der Waals surface area contributed by atoms with E-state index in [1.807, 2.05) is 13.8 Å². The number of rotatable bonds is 5. The van der Waals surface area contributed by atoms with E-state index in [1.54, 1.807) is 7.05 Å². The summed E-state index contributed by atoms with van der Waals surface area (Å²) < 4.78 is 4.92. The molecule has 0 spiro atoms. The lowest BCUT2D eigenvalue weighted by atomic mass is 10.6. The summed E-state index contributed by atoms with van der Waals surface area (Å²) in [7, 11) is 1.72. The van der Waals surface area contributed by atoms with Crippen molar-refractivity contribution in [3.8, 4) is 0 Å². The van der Waals surface area contributed by atoms with Gasteiger partial charge in [-0.1, -0.05) is 6.92 Å². The van der Waals surface area contributed by atoms with E-state index in [1.165, 1.54) is 4.90 Å². The fourth-order valence-corrected chi connectivity index (χ4v) is 0.627. The predicted octanol–water partition coefficient (Wildman–Crippen LogP) is 0.684. The van der Waals surface area contributed by atoms with Crippen molar-refractivity contribution in [2.75, 3.05) is 33.3 Å². The summed E-state index contributed by atoms with van der Waals surface area (Å²) in [6.45, 7) is 6.67. The number of carbonyl (C=O) groups excluding carboxylic acids is 1. The molecule has 0 saturated heterocycles. The van der Waals surface area contributed by atoms with Crippen LogP contribution in [0.4, 0.5) is 4.79 Å². The summed E-state index contributed by atoms with van der Waals surface area (Å²) in [6.07, 6.45) is -0.254. The second kappa shape index (κ2) is 6.91. The van der Waals surface area contributed by atoms with Crippen LogP contribution in [-0.2, 0) is 4.74 Å². The van der Waals surface area contributed by atoms with Crippen LogP contribution in [0.2, 0.25) is 0 Å². The summed E-state index contributed by atoms with van der Waals surface area (Å²) in [4.78, 5) is 12.5. The van der Waals surface area contributed by atoms with Crippen LogP contribution in [0.15, 0.2) is 0 Å². The van der Waals surface area contributed by atoms with Gasteiger partial charge in [0.2, 0.25) is 0 Å². The Kier molecular flexibility index (Phi) is 6.47. The molecule has 0 atom stereocenters. The van der Waals surface area contributed by atoms with Crippen LogP contribution in [0.3, 0.4) is 0 Å². The maximum Gasteiger partial charge on any atom is 0.409 e. The first-order valence-electron chi connectivity index (χ1n) is 4.31. The van der Waals surface area contributed by atoms with E-state index in [0.29, 0.717) is 13.2 Å². The highest BCUT2D eigenvalue weighted by Crippen LogP contribution is 1.87. The minimum atomic E-state index is -0.254. The van der Waals surface area contributed by atoms with E-state index in [9.17, 15) is 4.79 Å². The van der Waals surface area contributed by atoms with Crippen LogP contribution in [0.25, 0.3) is 0 Å². The number of amides is 1. The second-order valence-electron chi connectivity index (χ2n) is 2.48. The van der Waals surface area contributed by atoms with Crippen molar-refractivity contribution < 1.29 is 9.53 Å². The summed E-state index contributed by atoms with van der Waals surface area (Å²) >= 11 is 0. The number of nitrogens with one attached hydrogen (secondary N) is 1. The zero-order valence-corrected chi connectivity index (χ0v) is 8.09. The van der Waals surface area contributed by atoms with Crippen molar-refractivity contribution in [3.05, 3.63) is 0 Å². The Morgan fingerprint density at radius 1 is 1.50 bits per heavy atom. The highest BCUT2D eigenvalue weighted by molar-refractivity contribution is 5.67. The molecule has 0 aromatic rings. The molecule has 0 radical (unpaired) electrons. The smallest absolute Gasteiger partial charge is 0.409 e. The molecule has 0 bridgehead atoms. The summed E-state index contributed by atoms with van der Waals surface area (Å²) in [6, 6.07) is 0. The van der Waals surface area contributed by atoms with Gasteiger partial charge in [0, 0.05) is 20.1 Å². The van der Waals surface area contributed by atoms with E-state index in [-0.39, 0.29) is 6.09 Å². The number of hydrogen-bond donors (Lipinski definition) is 1. The molecule has 0 aliphatic carbocycles. The minimum absolute atomic E-state index is 0.254. The monoisotopic (exact) mass is 174 g/mol. The first kappa shape index (κ1) is 11.2. The molecular formula is C8H18N2O2. The average molecular weight is 174 g/mol.